The summed E-state index contributed by atoms with van der Waals surface area (Å²) in [7, 11) is 0. The van der Waals surface area contributed by atoms with Gasteiger partial charge in [-0.25, -0.2) is 4.79 Å². The van der Waals surface area contributed by atoms with Gasteiger partial charge in [-0.15, -0.1) is 0 Å². The molecule has 140 heavy (non-hydrogen) atoms. The Labute approximate surface area is 821 Å². The molecule has 27 N–H and O–H groups in total. The highest BCUT2D eigenvalue weighted by Crippen LogP contribution is 2.23. The third kappa shape index (κ3) is 42.2. The molecule has 19 atom stereocenters. The first kappa shape index (κ1) is 125. The lowest BCUT2D eigenvalue weighted by Gasteiger charge is -2.32. The Hall–Kier alpha value is -11.4. The van der Waals surface area contributed by atoms with Crippen molar-refractivity contribution in [2.75, 3.05) is 39.5 Å². The monoisotopic (exact) mass is 1990 g/mol. The second kappa shape index (κ2) is 63.4. The molecule has 46 heteroatoms. The van der Waals surface area contributed by atoms with Crippen LogP contribution >= 0.6 is 0 Å². The summed E-state index contributed by atoms with van der Waals surface area (Å²) in [6.45, 7) is 29.7. The Morgan fingerprint density at radius 1 is 0.471 bits per heavy atom. The van der Waals surface area contributed by atoms with E-state index in [1.54, 1.807) is 111 Å². The van der Waals surface area contributed by atoms with Gasteiger partial charge in [0.1, 0.15) is 114 Å². The van der Waals surface area contributed by atoms with Crippen molar-refractivity contribution in [2.45, 2.75) is 363 Å². The number of carbonyl (C=O) groups excluding carboxylic acids is 20. The van der Waals surface area contributed by atoms with E-state index in [4.69, 9.17) is 21.9 Å². The van der Waals surface area contributed by atoms with E-state index in [9.17, 15) is 116 Å². The number of carbonyl (C=O) groups is 20. The standard InChI is InChI=1S/C94H163N21O25/c1-21-25-26-30-56(119)44-70(121)98-58(24-4)93(138)115-39-29-32-68(115)86(131)107-66(45-117)84(129)105-64(42-48(7)8)82(127)110-72(51(13)14)89(134)108-67(46-118)85(130)106-65(43-49(9)10)83(128)111-74(53(17)18)90(135)112-73(52(15)16)88(133)101-59(33-34-69(97)120)78(123)104-63(41-47(5)6)81(126)109-71(50(11)12)87(132)99-57(23-3)77(122)114-76-55(20)140-94(139)62(31-27-28-37-95)103-79(124)60(35-38-96)100-80(125)61(36-40-116)102-91(136)75(54(19)22-2)113-92(76)137/h23-24,47-56,59-68,71-76,116-119H,21-22,25-46,95-96H2,1-20H3,(H2,97,120)(H,98,121)(H,99,132)(H,100,125)(H,101,133)(H,102,136)(H,103,124)(H,104,123)(H,105,129)(H,106,130)(H,107,131)(H,108,134)(H,109,126)(H,110,127)(H,111,128)(H,112,135)(H,113,137)(H,114,122)/b57-23-,58-24+/t54?,55-,56?,59-,60-,61+,62+,63+,64+,65-,66+,67+,68+,71-,72+,73+,74-,75+,76-/m1/s1. The molecule has 0 saturated carbocycles. The zero-order valence-electron chi connectivity index (χ0n) is 85.2. The van der Waals surface area contributed by atoms with Crippen LogP contribution in [0.4, 0.5) is 0 Å². The Kier molecular flexibility index (Phi) is 56.5. The summed E-state index contributed by atoms with van der Waals surface area (Å²) >= 11 is 0. The van der Waals surface area contributed by atoms with Gasteiger partial charge in [0.15, 0.2) is 0 Å². The first-order valence-electron chi connectivity index (χ1n) is 49.0. The van der Waals surface area contributed by atoms with Gasteiger partial charge in [-0.1, -0.05) is 156 Å². The van der Waals surface area contributed by atoms with Crippen molar-refractivity contribution in [3.8, 4) is 0 Å². The zero-order valence-corrected chi connectivity index (χ0v) is 85.2. The van der Waals surface area contributed by atoms with E-state index in [1.165, 1.54) is 31.7 Å². The van der Waals surface area contributed by atoms with Crippen molar-refractivity contribution in [3.63, 3.8) is 0 Å². The minimum atomic E-state index is -1.89. The number of likely N-dealkylation sites (tertiary alicyclic amines) is 1. The highest BCUT2D eigenvalue weighted by molar-refractivity contribution is 6.05. The average Bonchev–Trinajstić information content (AvgIpc) is 1.67. The van der Waals surface area contributed by atoms with E-state index in [1.807, 2.05) is 6.92 Å². The average molecular weight is 1990 g/mol. The second-order valence-corrected chi connectivity index (χ2v) is 38.5. The van der Waals surface area contributed by atoms with Crippen LogP contribution in [0.25, 0.3) is 0 Å². The molecule has 0 aromatic carbocycles. The number of hydrogen-bond acceptors (Lipinski definition) is 27. The third-order valence-electron chi connectivity index (χ3n) is 23.7. The molecule has 2 saturated heterocycles. The SMILES string of the molecule is C/C=C(\NC(=O)[C@H](NC(=O)[C@H](CC(C)C)NC(=O)[C@@H](CCC(N)=O)NC(=O)[C@@H](NC(=O)[C@H](NC(=O)[C@@H](CC(C)C)NC(=O)[C@H](CO)NC(=O)[C@@H](NC(=O)[C@H](CC(C)C)NC(=O)[C@H](CO)NC(=O)[C@@H]1CCCN1C(=O)/C(=C\C)NC(=O)CC(O)CCCCC)C(C)C)C(C)C)C(C)C)C(C)C)C(=O)N[C@H]1C(=O)N[C@@H](C(C)CC)C(=O)N[C@@H](CCO)C(=O)N[C@H](CCN)C(=O)N[C@@H](CCCCN)C(=O)O[C@@H]1C. The number of primary amides is 1. The van der Waals surface area contributed by atoms with E-state index in [-0.39, 0.29) is 107 Å². The molecule has 2 aliphatic heterocycles. The smallest absolute Gasteiger partial charge is 0.328 e. The lowest BCUT2D eigenvalue weighted by molar-refractivity contribution is -0.156. The maximum absolute atomic E-state index is 14.7. The Morgan fingerprint density at radius 3 is 1.34 bits per heavy atom. The molecule has 19 amide bonds. The number of rotatable bonds is 57. The van der Waals surface area contributed by atoms with Crippen LogP contribution in [0, 0.1) is 47.3 Å². The number of unbranched alkanes of at least 4 members (excludes halogenated alkanes) is 3. The van der Waals surface area contributed by atoms with Crippen molar-refractivity contribution in [1.82, 2.24) is 95.3 Å². The van der Waals surface area contributed by atoms with Gasteiger partial charge in [0.05, 0.1) is 25.7 Å². The summed E-state index contributed by atoms with van der Waals surface area (Å²) < 4.78 is 5.83. The van der Waals surface area contributed by atoms with Crippen LogP contribution in [0.15, 0.2) is 23.5 Å². The molecule has 2 aliphatic rings. The van der Waals surface area contributed by atoms with Crippen molar-refractivity contribution in [1.29, 1.82) is 0 Å². The van der Waals surface area contributed by atoms with E-state index in [0.717, 1.165) is 18.9 Å². The lowest BCUT2D eigenvalue weighted by Crippen LogP contribution is -2.63. The van der Waals surface area contributed by atoms with Crippen LogP contribution < -0.4 is 108 Å². The second-order valence-electron chi connectivity index (χ2n) is 38.5. The molecule has 2 heterocycles. The van der Waals surface area contributed by atoms with Gasteiger partial charge < -0.3 is 138 Å². The number of amides is 19. The lowest BCUT2D eigenvalue weighted by atomic mass is 9.96. The fourth-order valence-electron chi connectivity index (χ4n) is 15.4. The number of hydrogen-bond donors (Lipinski definition) is 24. The molecule has 0 radical (unpaired) electrons. The first-order chi connectivity index (χ1) is 65.7. The number of cyclic esters (lactones) is 1. The summed E-state index contributed by atoms with van der Waals surface area (Å²) in [6.07, 6.45) is 2.26. The fraction of sp³-hybridized carbons (Fsp3) is 0.745. The van der Waals surface area contributed by atoms with E-state index >= 15 is 0 Å². The maximum atomic E-state index is 14.7. The normalized spacial score (nSPS) is 20.1. The number of aliphatic hydroxyl groups is 4. The molecule has 0 aliphatic carbocycles. The highest BCUT2D eigenvalue weighted by atomic mass is 16.5. The van der Waals surface area contributed by atoms with Gasteiger partial charge >= 0.3 is 5.97 Å². The number of aliphatic hydroxyl groups excluding tert-OH is 4. The molecule has 46 nitrogen and oxygen atoms in total. The number of nitrogens with zero attached hydrogens (tertiary/aromatic N) is 1. The van der Waals surface area contributed by atoms with Crippen molar-refractivity contribution in [3.05, 3.63) is 23.5 Å². The Bertz CT molecular complexity index is 4220. The molecule has 2 unspecified atom stereocenters. The largest absolute Gasteiger partial charge is 0.458 e. The maximum Gasteiger partial charge on any atom is 0.328 e. The molecule has 2 rings (SSSR count). The number of allylic oxidation sites excluding steroid dienone is 2. The molecule has 0 aromatic rings. The minimum Gasteiger partial charge on any atom is -0.458 e. The predicted molar refractivity (Wildman–Crippen MR) is 516 cm³/mol. The topological polar surface area (TPSA) is 717 Å². The molecule has 0 spiro atoms. The van der Waals surface area contributed by atoms with Crippen LogP contribution in [0.5, 0.6) is 0 Å². The van der Waals surface area contributed by atoms with Crippen LogP contribution in [-0.2, 0) is 101 Å². The van der Waals surface area contributed by atoms with Gasteiger partial charge in [-0.3, -0.25) is 91.1 Å². The quantitative estimate of drug-likeness (QED) is 0.0159. The van der Waals surface area contributed by atoms with Crippen molar-refractivity contribution in [2.24, 2.45) is 64.5 Å². The molecular weight excluding hydrogens is 1820 g/mol. The number of nitrogens with one attached hydrogen (secondary N) is 17. The van der Waals surface area contributed by atoms with Crippen LogP contribution in [0.2, 0.25) is 0 Å². The summed E-state index contributed by atoms with van der Waals surface area (Å²) in [4.78, 5) is 284. The van der Waals surface area contributed by atoms with Gasteiger partial charge in [0.25, 0.3) is 11.8 Å². The number of esters is 1. The van der Waals surface area contributed by atoms with E-state index in [0.29, 0.717) is 25.7 Å². The molecule has 0 aromatic heterocycles. The van der Waals surface area contributed by atoms with Crippen molar-refractivity contribution < 1.29 is 121 Å². The van der Waals surface area contributed by atoms with E-state index in [2.05, 4.69) is 90.4 Å². The van der Waals surface area contributed by atoms with Crippen LogP contribution in [0.3, 0.4) is 0 Å². The molecule has 2 fully saturated rings. The highest BCUT2D eigenvalue weighted by Gasteiger charge is 2.44. The summed E-state index contributed by atoms with van der Waals surface area (Å²) in [5.41, 5.74) is 16.5. The third-order valence-corrected chi connectivity index (χ3v) is 23.7. The predicted octanol–water partition coefficient (Wildman–Crippen LogP) is -3.52. The number of ether oxygens (including phenoxy) is 1. The van der Waals surface area contributed by atoms with Crippen LogP contribution in [0.1, 0.15) is 254 Å². The van der Waals surface area contributed by atoms with Crippen LogP contribution in [-0.4, -0.2) is 292 Å². The Balaban J connectivity index is 2.45. The van der Waals surface area contributed by atoms with Gasteiger partial charge in [-0.2, -0.15) is 0 Å². The van der Waals surface area contributed by atoms with E-state index < -0.39 is 295 Å². The molecular formula is C94H163N21O25. The minimum absolute atomic E-state index is 0.0437. The number of nitrogens with two attached hydrogens (primary N) is 3. The summed E-state index contributed by atoms with van der Waals surface area (Å²) in [5.74, 6) is -23.7. The first-order valence-corrected chi connectivity index (χ1v) is 49.0. The fourth-order valence-corrected chi connectivity index (χ4v) is 15.4. The Morgan fingerprint density at radius 2 is 0.900 bits per heavy atom. The zero-order chi connectivity index (χ0) is 106. The van der Waals surface area contributed by atoms with Crippen molar-refractivity contribution >= 4 is 118 Å². The van der Waals surface area contributed by atoms with Gasteiger partial charge in [0.2, 0.25) is 100 Å². The summed E-state index contributed by atoms with van der Waals surface area (Å²) in [5, 5.41) is 84.9. The molecule has 0 bridgehead atoms. The van der Waals surface area contributed by atoms with Gasteiger partial charge in [-0.05, 0) is 158 Å². The van der Waals surface area contributed by atoms with Gasteiger partial charge in [0, 0.05) is 19.6 Å². The molecule has 794 valence electrons. The summed E-state index contributed by atoms with van der Waals surface area (Å²) in [6, 6.07) is -24.2.